The normalized spacial score (nSPS) is 11.4. The number of benzene rings is 2. The van der Waals surface area contributed by atoms with Crippen molar-refractivity contribution >= 4 is 28.7 Å². The minimum atomic E-state index is -0.921. The van der Waals surface area contributed by atoms with Crippen LogP contribution in [0.1, 0.15) is 11.3 Å². The van der Waals surface area contributed by atoms with Gasteiger partial charge in [-0.3, -0.25) is 14.8 Å². The minimum absolute atomic E-state index is 0.364. The van der Waals surface area contributed by atoms with Crippen LogP contribution in [-0.2, 0) is 7.05 Å². The molecule has 116 valence electrons. The summed E-state index contributed by atoms with van der Waals surface area (Å²) in [5.74, 6) is -1.31. The molecule has 1 aromatic heterocycles. The first kappa shape index (κ1) is 14.8. The van der Waals surface area contributed by atoms with Crippen LogP contribution in [0.25, 0.3) is 23.1 Å². The van der Waals surface area contributed by atoms with E-state index < -0.39 is 16.4 Å². The maximum atomic E-state index is 13.7. The van der Waals surface area contributed by atoms with Crippen LogP contribution in [0.15, 0.2) is 36.4 Å². The summed E-state index contributed by atoms with van der Waals surface area (Å²) in [5.41, 5.74) is 0.559. The molecule has 0 saturated carbocycles. The molecule has 0 fully saturated rings. The molecule has 0 unspecified atom stereocenters. The Labute approximate surface area is 129 Å². The zero-order valence-corrected chi connectivity index (χ0v) is 12.0. The van der Waals surface area contributed by atoms with Crippen LogP contribution in [0.2, 0.25) is 0 Å². The summed E-state index contributed by atoms with van der Waals surface area (Å²) < 4.78 is 28.8. The van der Waals surface area contributed by atoms with Gasteiger partial charge in [0.1, 0.15) is 5.82 Å². The van der Waals surface area contributed by atoms with Crippen LogP contribution in [0.4, 0.5) is 14.5 Å². The fourth-order valence-electron chi connectivity index (χ4n) is 2.34. The first-order chi connectivity index (χ1) is 11.0. The van der Waals surface area contributed by atoms with Gasteiger partial charge in [-0.2, -0.15) is 9.49 Å². The maximum absolute atomic E-state index is 13.7. The van der Waals surface area contributed by atoms with Gasteiger partial charge in [0.25, 0.3) is 0 Å². The van der Waals surface area contributed by atoms with Gasteiger partial charge >= 0.3 is 5.69 Å². The number of aryl methyl sites for hydroxylation is 1. The smallest absolute Gasteiger partial charge is 0.267 e. The molecular weight excluding hydrogens is 304 g/mol. The predicted octanol–water partition coefficient (Wildman–Crippen LogP) is 3.93. The van der Waals surface area contributed by atoms with Crippen LogP contribution in [0, 0.1) is 21.7 Å². The van der Waals surface area contributed by atoms with Crippen molar-refractivity contribution < 1.29 is 13.7 Å². The molecule has 0 spiro atoms. The van der Waals surface area contributed by atoms with E-state index in [0.29, 0.717) is 22.2 Å². The van der Waals surface area contributed by atoms with E-state index in [-0.39, 0.29) is 5.82 Å². The maximum Gasteiger partial charge on any atom is 0.305 e. The number of nitro benzene ring substituents is 1. The average Bonchev–Trinajstić information content (AvgIpc) is 2.81. The molecule has 0 aliphatic rings. The van der Waals surface area contributed by atoms with Crippen LogP contribution in [0.5, 0.6) is 0 Å². The zero-order valence-electron chi connectivity index (χ0n) is 12.0. The van der Waals surface area contributed by atoms with Crippen LogP contribution >= 0.6 is 0 Å². The molecule has 5 nitrogen and oxygen atoms in total. The lowest BCUT2D eigenvalue weighted by Crippen LogP contribution is -1.94. The number of fused-ring (bicyclic) bond motifs is 1. The lowest BCUT2D eigenvalue weighted by atomic mass is 10.1. The van der Waals surface area contributed by atoms with Gasteiger partial charge in [-0.15, -0.1) is 0 Å². The first-order valence-corrected chi connectivity index (χ1v) is 6.70. The van der Waals surface area contributed by atoms with E-state index in [4.69, 9.17) is 0 Å². The molecule has 0 saturated heterocycles. The van der Waals surface area contributed by atoms with Gasteiger partial charge in [0.05, 0.1) is 16.1 Å². The lowest BCUT2D eigenvalue weighted by molar-refractivity contribution is -0.387. The SMILES string of the molecule is Cn1nc(/C=C/c2ccccc2F)c2cc([N+](=O)[O-])c(F)cc21. The van der Waals surface area contributed by atoms with E-state index in [2.05, 4.69) is 5.10 Å². The summed E-state index contributed by atoms with van der Waals surface area (Å²) in [5, 5.41) is 15.5. The van der Waals surface area contributed by atoms with Crippen LogP contribution < -0.4 is 0 Å². The Hall–Kier alpha value is -3.09. The van der Waals surface area contributed by atoms with Crippen molar-refractivity contribution in [3.8, 4) is 0 Å². The molecule has 3 rings (SSSR count). The minimum Gasteiger partial charge on any atom is -0.267 e. The Balaban J connectivity index is 2.13. The number of aromatic nitrogens is 2. The van der Waals surface area contributed by atoms with E-state index in [1.54, 1.807) is 31.3 Å². The Morgan fingerprint density at radius 1 is 1.17 bits per heavy atom. The van der Waals surface area contributed by atoms with Crippen LogP contribution in [0.3, 0.4) is 0 Å². The lowest BCUT2D eigenvalue weighted by Gasteiger charge is -1.97. The Morgan fingerprint density at radius 3 is 2.61 bits per heavy atom. The largest absolute Gasteiger partial charge is 0.305 e. The van der Waals surface area contributed by atoms with Gasteiger partial charge in [-0.05, 0) is 18.2 Å². The highest BCUT2D eigenvalue weighted by Gasteiger charge is 2.18. The molecule has 23 heavy (non-hydrogen) atoms. The standard InChI is InChI=1S/C16H11F2N3O2/c1-20-15-9-13(18)16(21(22)23)8-11(15)14(19-20)7-6-10-4-2-3-5-12(10)17/h2-9H,1H3/b7-6+. The first-order valence-electron chi connectivity index (χ1n) is 6.70. The Morgan fingerprint density at radius 2 is 1.91 bits per heavy atom. The van der Waals surface area contributed by atoms with E-state index in [1.165, 1.54) is 16.8 Å². The van der Waals surface area contributed by atoms with Gasteiger partial charge in [0.2, 0.25) is 5.82 Å². The van der Waals surface area contributed by atoms with Crippen molar-refractivity contribution in [3.05, 3.63) is 69.4 Å². The molecule has 0 aliphatic carbocycles. The van der Waals surface area contributed by atoms with Gasteiger partial charge in [-0.1, -0.05) is 18.2 Å². The number of hydrogen-bond donors (Lipinski definition) is 0. The molecule has 3 aromatic rings. The summed E-state index contributed by atoms with van der Waals surface area (Å²) in [6, 6.07) is 8.41. The predicted molar refractivity (Wildman–Crippen MR) is 82.7 cm³/mol. The van der Waals surface area contributed by atoms with Gasteiger partial charge in [0.15, 0.2) is 0 Å². The van der Waals surface area contributed by atoms with Crippen molar-refractivity contribution in [2.75, 3.05) is 0 Å². The molecule has 0 atom stereocenters. The van der Waals surface area contributed by atoms with Crippen LogP contribution in [-0.4, -0.2) is 14.7 Å². The molecule has 0 bridgehead atoms. The molecule has 0 amide bonds. The molecule has 7 heteroatoms. The highest BCUT2D eigenvalue weighted by molar-refractivity contribution is 5.91. The summed E-state index contributed by atoms with van der Waals surface area (Å²) >= 11 is 0. The monoisotopic (exact) mass is 315 g/mol. The van der Waals surface area contributed by atoms with Crippen molar-refractivity contribution in [2.45, 2.75) is 0 Å². The fourth-order valence-corrected chi connectivity index (χ4v) is 2.34. The number of hydrogen-bond acceptors (Lipinski definition) is 3. The van der Waals surface area contributed by atoms with E-state index in [9.17, 15) is 18.9 Å². The number of nitro groups is 1. The number of rotatable bonds is 3. The average molecular weight is 315 g/mol. The summed E-state index contributed by atoms with van der Waals surface area (Å²) in [6.07, 6.45) is 3.06. The molecule has 0 N–H and O–H groups in total. The molecule has 0 radical (unpaired) electrons. The highest BCUT2D eigenvalue weighted by atomic mass is 19.1. The van der Waals surface area contributed by atoms with Gasteiger partial charge in [-0.25, -0.2) is 4.39 Å². The second-order valence-corrected chi connectivity index (χ2v) is 4.94. The Bertz CT molecular complexity index is 948. The third-order valence-electron chi connectivity index (χ3n) is 3.47. The topological polar surface area (TPSA) is 61.0 Å². The summed E-state index contributed by atoms with van der Waals surface area (Å²) in [6.45, 7) is 0. The Kier molecular flexibility index (Phi) is 3.61. The second-order valence-electron chi connectivity index (χ2n) is 4.94. The second kappa shape index (κ2) is 5.60. The molecular formula is C16H11F2N3O2. The van der Waals surface area contributed by atoms with E-state index >= 15 is 0 Å². The van der Waals surface area contributed by atoms with Gasteiger partial charge < -0.3 is 0 Å². The van der Waals surface area contributed by atoms with Gasteiger partial charge in [0, 0.05) is 30.1 Å². The van der Waals surface area contributed by atoms with E-state index in [0.717, 1.165) is 12.1 Å². The van der Waals surface area contributed by atoms with E-state index in [1.807, 2.05) is 0 Å². The zero-order chi connectivity index (χ0) is 16.6. The fraction of sp³-hybridized carbons (Fsp3) is 0.0625. The summed E-state index contributed by atoms with van der Waals surface area (Å²) in [4.78, 5) is 10.1. The van der Waals surface area contributed by atoms with Crippen molar-refractivity contribution in [2.24, 2.45) is 7.05 Å². The van der Waals surface area contributed by atoms with Crippen molar-refractivity contribution in [1.29, 1.82) is 0 Å². The number of halogens is 2. The quantitative estimate of drug-likeness (QED) is 0.543. The third kappa shape index (κ3) is 2.68. The molecule has 0 aliphatic heterocycles. The van der Waals surface area contributed by atoms with Crippen molar-refractivity contribution in [1.82, 2.24) is 9.78 Å². The number of nitrogens with zero attached hydrogens (tertiary/aromatic N) is 3. The van der Waals surface area contributed by atoms with Crippen molar-refractivity contribution in [3.63, 3.8) is 0 Å². The third-order valence-corrected chi connectivity index (χ3v) is 3.47. The molecule has 2 aromatic carbocycles. The highest BCUT2D eigenvalue weighted by Crippen LogP contribution is 2.27. The summed E-state index contributed by atoms with van der Waals surface area (Å²) in [7, 11) is 1.61. The molecule has 1 heterocycles.